The van der Waals surface area contributed by atoms with Crippen molar-refractivity contribution in [3.63, 3.8) is 0 Å². The van der Waals surface area contributed by atoms with Gasteiger partial charge in [-0.05, 0) is 15.9 Å². The summed E-state index contributed by atoms with van der Waals surface area (Å²) in [5, 5.41) is 4.23. The van der Waals surface area contributed by atoms with Crippen molar-refractivity contribution >= 4 is 21.6 Å². The molecular formula is C10H12BrN3O. The Morgan fingerprint density at radius 3 is 2.73 bits per heavy atom. The quantitative estimate of drug-likeness (QED) is 0.796. The number of fused-ring (bicyclic) bond motifs is 1. The lowest BCUT2D eigenvalue weighted by Crippen LogP contribution is -2.22. The van der Waals surface area contributed by atoms with E-state index in [1.165, 1.54) is 0 Å². The van der Waals surface area contributed by atoms with Crippen molar-refractivity contribution in [3.8, 4) is 0 Å². The molecule has 2 heterocycles. The van der Waals surface area contributed by atoms with Crippen LogP contribution in [0.4, 0.5) is 0 Å². The molecule has 4 nitrogen and oxygen atoms in total. The van der Waals surface area contributed by atoms with Gasteiger partial charge in [-0.1, -0.05) is 20.8 Å². The van der Waals surface area contributed by atoms with Gasteiger partial charge in [0.1, 0.15) is 0 Å². The summed E-state index contributed by atoms with van der Waals surface area (Å²) in [6, 6.07) is 1.59. The van der Waals surface area contributed by atoms with Crippen molar-refractivity contribution in [3.05, 3.63) is 32.8 Å². The Hall–Kier alpha value is -1.10. The highest BCUT2D eigenvalue weighted by Crippen LogP contribution is 2.23. The van der Waals surface area contributed by atoms with E-state index in [9.17, 15) is 4.79 Å². The molecule has 0 atom stereocenters. The van der Waals surface area contributed by atoms with Crippen molar-refractivity contribution in [2.45, 2.75) is 26.2 Å². The average molecular weight is 270 g/mol. The van der Waals surface area contributed by atoms with E-state index in [1.54, 1.807) is 16.8 Å². The first-order chi connectivity index (χ1) is 6.89. The number of aromatic amines is 1. The second-order valence-corrected chi connectivity index (χ2v) is 5.38. The Morgan fingerprint density at radius 2 is 2.13 bits per heavy atom. The Balaban J connectivity index is 2.90. The topological polar surface area (TPSA) is 50.2 Å². The number of rotatable bonds is 0. The molecule has 5 heteroatoms. The van der Waals surface area contributed by atoms with Crippen molar-refractivity contribution in [2.75, 3.05) is 0 Å². The number of hydrogen-bond acceptors (Lipinski definition) is 2. The third-order valence-electron chi connectivity index (χ3n) is 2.23. The van der Waals surface area contributed by atoms with Crippen LogP contribution in [0.2, 0.25) is 0 Å². The minimum atomic E-state index is -0.113. The number of H-pyrrole nitrogens is 1. The molecular weight excluding hydrogens is 258 g/mol. The van der Waals surface area contributed by atoms with E-state index in [2.05, 4.69) is 46.8 Å². The molecule has 1 N–H and O–H groups in total. The van der Waals surface area contributed by atoms with Crippen molar-refractivity contribution < 1.29 is 0 Å². The molecule has 0 radical (unpaired) electrons. The van der Waals surface area contributed by atoms with Gasteiger partial charge in [0.15, 0.2) is 5.65 Å². The Labute approximate surface area is 95.4 Å². The van der Waals surface area contributed by atoms with Gasteiger partial charge >= 0.3 is 0 Å². The predicted octanol–water partition coefficient (Wildman–Crippen LogP) is 2.08. The van der Waals surface area contributed by atoms with Crippen LogP contribution in [0.3, 0.4) is 0 Å². The monoisotopic (exact) mass is 269 g/mol. The molecule has 15 heavy (non-hydrogen) atoms. The van der Waals surface area contributed by atoms with E-state index >= 15 is 0 Å². The first-order valence-corrected chi connectivity index (χ1v) is 5.46. The van der Waals surface area contributed by atoms with E-state index in [0.29, 0.717) is 5.65 Å². The molecule has 0 spiro atoms. The zero-order valence-electron chi connectivity index (χ0n) is 8.84. The first-order valence-electron chi connectivity index (χ1n) is 4.66. The molecule has 2 rings (SSSR count). The van der Waals surface area contributed by atoms with E-state index in [1.807, 2.05) is 0 Å². The van der Waals surface area contributed by atoms with Gasteiger partial charge in [-0.15, -0.1) is 0 Å². The van der Waals surface area contributed by atoms with Gasteiger partial charge in [0.2, 0.25) is 0 Å². The summed E-state index contributed by atoms with van der Waals surface area (Å²) in [7, 11) is 0. The summed E-state index contributed by atoms with van der Waals surface area (Å²) in [6.07, 6.45) is 1.68. The van der Waals surface area contributed by atoms with Gasteiger partial charge in [-0.3, -0.25) is 4.79 Å². The molecule has 0 unspecified atom stereocenters. The van der Waals surface area contributed by atoms with Crippen LogP contribution in [-0.2, 0) is 5.41 Å². The Morgan fingerprint density at radius 1 is 1.47 bits per heavy atom. The van der Waals surface area contributed by atoms with Crippen LogP contribution in [-0.4, -0.2) is 14.6 Å². The molecule has 0 saturated heterocycles. The minimum absolute atomic E-state index is 0.103. The third kappa shape index (κ3) is 1.71. The van der Waals surface area contributed by atoms with Crippen LogP contribution in [0, 0.1) is 0 Å². The minimum Gasteiger partial charge on any atom is -0.306 e. The maximum absolute atomic E-state index is 11.5. The summed E-state index contributed by atoms with van der Waals surface area (Å²) in [6.45, 7) is 6.16. The van der Waals surface area contributed by atoms with Crippen molar-refractivity contribution in [1.29, 1.82) is 0 Å². The molecule has 80 valence electrons. The Kier molecular flexibility index (Phi) is 2.22. The molecule has 0 amide bonds. The normalized spacial score (nSPS) is 12.3. The lowest BCUT2D eigenvalue weighted by atomic mass is 9.92. The van der Waals surface area contributed by atoms with Gasteiger partial charge in [-0.25, -0.2) is 4.52 Å². The molecule has 0 fully saturated rings. The Bertz CT molecular complexity index is 562. The largest absolute Gasteiger partial charge is 0.306 e. The summed E-state index contributed by atoms with van der Waals surface area (Å²) >= 11 is 3.35. The maximum atomic E-state index is 11.5. The third-order valence-corrected chi connectivity index (χ3v) is 2.81. The second kappa shape index (κ2) is 3.20. The van der Waals surface area contributed by atoms with Gasteiger partial charge < -0.3 is 4.98 Å². The number of nitrogens with zero attached hydrogens (tertiary/aromatic N) is 2. The fraction of sp³-hybridized carbons (Fsp3) is 0.400. The van der Waals surface area contributed by atoms with Crippen LogP contribution < -0.4 is 5.56 Å². The van der Waals surface area contributed by atoms with Crippen molar-refractivity contribution in [1.82, 2.24) is 14.6 Å². The van der Waals surface area contributed by atoms with E-state index in [-0.39, 0.29) is 11.0 Å². The fourth-order valence-corrected chi connectivity index (χ4v) is 1.85. The van der Waals surface area contributed by atoms with Gasteiger partial charge in [0.25, 0.3) is 5.56 Å². The molecule has 0 aliphatic heterocycles. The number of hydrogen-bond donors (Lipinski definition) is 1. The lowest BCUT2D eigenvalue weighted by molar-refractivity contribution is 0.545. The van der Waals surface area contributed by atoms with E-state index in [0.717, 1.165) is 10.2 Å². The molecule has 0 aromatic carbocycles. The van der Waals surface area contributed by atoms with Gasteiger partial charge in [-0.2, -0.15) is 5.10 Å². The fourth-order valence-electron chi connectivity index (χ4n) is 1.50. The molecule has 0 bridgehead atoms. The standard InChI is InChI=1S/C10H12BrN3O/c1-10(2,3)7-4-8(15)13-9-6(11)5-12-14(7)9/h4-5H,1-3H3,(H,13,15). The highest BCUT2D eigenvalue weighted by atomic mass is 79.9. The van der Waals surface area contributed by atoms with E-state index < -0.39 is 0 Å². The van der Waals surface area contributed by atoms with Gasteiger partial charge in [0.05, 0.1) is 16.4 Å². The summed E-state index contributed by atoms with van der Waals surface area (Å²) in [4.78, 5) is 14.2. The highest BCUT2D eigenvalue weighted by molar-refractivity contribution is 9.10. The van der Waals surface area contributed by atoms with Crippen molar-refractivity contribution in [2.24, 2.45) is 0 Å². The second-order valence-electron chi connectivity index (χ2n) is 4.52. The zero-order chi connectivity index (χ0) is 11.2. The van der Waals surface area contributed by atoms with Crippen LogP contribution in [0.5, 0.6) is 0 Å². The van der Waals surface area contributed by atoms with Crippen LogP contribution in [0.25, 0.3) is 5.65 Å². The molecule has 0 aliphatic rings. The first kappa shape index (κ1) is 10.4. The summed E-state index contributed by atoms with van der Waals surface area (Å²) in [5.74, 6) is 0. The van der Waals surface area contributed by atoms with Gasteiger partial charge in [0, 0.05) is 11.5 Å². The molecule has 0 aliphatic carbocycles. The molecule has 2 aromatic heterocycles. The summed E-state index contributed by atoms with van der Waals surface area (Å²) in [5.41, 5.74) is 1.38. The molecule has 2 aromatic rings. The summed E-state index contributed by atoms with van der Waals surface area (Å²) < 4.78 is 2.55. The maximum Gasteiger partial charge on any atom is 0.251 e. The number of nitrogens with one attached hydrogen (secondary N) is 1. The van der Waals surface area contributed by atoms with Crippen LogP contribution >= 0.6 is 15.9 Å². The van der Waals surface area contributed by atoms with Crippen LogP contribution in [0.1, 0.15) is 26.5 Å². The SMILES string of the molecule is CC(C)(C)c1cc(=O)[nH]c2c(Br)cnn12. The number of aromatic nitrogens is 3. The number of halogens is 1. The lowest BCUT2D eigenvalue weighted by Gasteiger charge is -2.19. The zero-order valence-corrected chi connectivity index (χ0v) is 10.4. The smallest absolute Gasteiger partial charge is 0.251 e. The average Bonchev–Trinajstić information content (AvgIpc) is 2.45. The van der Waals surface area contributed by atoms with E-state index in [4.69, 9.17) is 0 Å². The van der Waals surface area contributed by atoms with Crippen LogP contribution in [0.15, 0.2) is 21.5 Å². The highest BCUT2D eigenvalue weighted by Gasteiger charge is 2.19. The predicted molar refractivity (Wildman–Crippen MR) is 62.2 cm³/mol. The molecule has 0 saturated carbocycles.